The van der Waals surface area contributed by atoms with Crippen LogP contribution < -0.4 is 14.9 Å². The molecule has 3 rings (SSSR count). The summed E-state index contributed by atoms with van der Waals surface area (Å²) >= 11 is 1.33. The van der Waals surface area contributed by atoms with E-state index in [1.807, 2.05) is 6.92 Å². The quantitative estimate of drug-likeness (QED) is 0.464. The van der Waals surface area contributed by atoms with Gasteiger partial charge in [-0.1, -0.05) is 12.1 Å². The number of hydrazone groups is 1. The molecule has 1 N–H and O–H groups in total. The first-order chi connectivity index (χ1) is 14.0. The van der Waals surface area contributed by atoms with Crippen LogP contribution in [0.25, 0.3) is 0 Å². The number of hydrogen-bond acceptors (Lipinski definition) is 6. The maximum absolute atomic E-state index is 13.0. The molecule has 150 valence electrons. The van der Waals surface area contributed by atoms with Crippen LogP contribution in [0.1, 0.15) is 31.5 Å². The Morgan fingerprint density at radius 2 is 1.97 bits per heavy atom. The Bertz CT molecular complexity index is 1030. The minimum atomic E-state index is -0.296. The fraction of sp³-hybridized carbons (Fsp3) is 0.190. The molecule has 1 heterocycles. The summed E-state index contributed by atoms with van der Waals surface area (Å²) in [5.41, 5.74) is 4.76. The number of hydrogen-bond donors (Lipinski definition) is 1. The molecule has 3 aromatic rings. The topological polar surface area (TPSA) is 72.8 Å². The highest BCUT2D eigenvalue weighted by atomic mass is 32.1. The lowest BCUT2D eigenvalue weighted by molar-refractivity contribution is 0.0958. The lowest BCUT2D eigenvalue weighted by Crippen LogP contribution is -2.17. The van der Waals surface area contributed by atoms with Gasteiger partial charge < -0.3 is 9.47 Å². The van der Waals surface area contributed by atoms with Crippen molar-refractivity contribution in [1.82, 2.24) is 10.4 Å². The number of carbonyl (C=O) groups is 1. The standard InChI is InChI=1S/C21H20FN3O3S/c1-13-20(29-14(2)24-13)21(26)25-23-11-16-6-9-18(19(10-16)27-3)28-12-15-4-7-17(22)8-5-15/h4-11H,12H2,1-3H3,(H,25,26)/b23-11+. The molecule has 0 aliphatic carbocycles. The van der Waals surface area contributed by atoms with Gasteiger partial charge in [-0.25, -0.2) is 14.8 Å². The van der Waals surface area contributed by atoms with Gasteiger partial charge in [-0.15, -0.1) is 11.3 Å². The molecule has 0 unspecified atom stereocenters. The van der Waals surface area contributed by atoms with Crippen LogP contribution in [0.3, 0.4) is 0 Å². The Balaban J connectivity index is 1.63. The van der Waals surface area contributed by atoms with Gasteiger partial charge in [0.05, 0.1) is 24.0 Å². The number of benzene rings is 2. The number of nitrogens with one attached hydrogen (secondary N) is 1. The molecule has 0 atom stereocenters. The molecule has 8 heteroatoms. The molecule has 1 aromatic heterocycles. The van der Waals surface area contributed by atoms with Gasteiger partial charge in [0.15, 0.2) is 11.5 Å². The molecular formula is C21H20FN3O3S. The second-order valence-corrected chi connectivity index (χ2v) is 7.38. The van der Waals surface area contributed by atoms with E-state index < -0.39 is 0 Å². The van der Waals surface area contributed by atoms with Crippen LogP contribution in [-0.4, -0.2) is 24.2 Å². The van der Waals surface area contributed by atoms with Gasteiger partial charge in [0, 0.05) is 0 Å². The summed E-state index contributed by atoms with van der Waals surface area (Å²) in [5.74, 6) is 0.489. The number of nitrogens with zero attached hydrogens (tertiary/aromatic N) is 2. The first-order valence-electron chi connectivity index (χ1n) is 8.79. The van der Waals surface area contributed by atoms with Gasteiger partial charge in [0.2, 0.25) is 0 Å². The molecule has 0 fully saturated rings. The number of halogens is 1. The fourth-order valence-electron chi connectivity index (χ4n) is 2.58. The zero-order chi connectivity index (χ0) is 20.8. The lowest BCUT2D eigenvalue weighted by Gasteiger charge is -2.11. The number of carbonyl (C=O) groups excluding carboxylic acids is 1. The Morgan fingerprint density at radius 3 is 2.62 bits per heavy atom. The molecule has 0 saturated carbocycles. The number of thiazole rings is 1. The number of amides is 1. The highest BCUT2D eigenvalue weighted by Crippen LogP contribution is 2.28. The largest absolute Gasteiger partial charge is 0.493 e. The maximum Gasteiger partial charge on any atom is 0.283 e. The average Bonchev–Trinajstić information content (AvgIpc) is 3.06. The van der Waals surface area contributed by atoms with Gasteiger partial charge in [-0.3, -0.25) is 4.79 Å². The third-order valence-corrected chi connectivity index (χ3v) is 5.06. The Labute approximate surface area is 172 Å². The average molecular weight is 413 g/mol. The van der Waals surface area contributed by atoms with Gasteiger partial charge in [0.25, 0.3) is 5.91 Å². The van der Waals surface area contributed by atoms with Crippen LogP contribution in [0.5, 0.6) is 11.5 Å². The summed E-state index contributed by atoms with van der Waals surface area (Å²) in [4.78, 5) is 16.9. The third-order valence-electron chi connectivity index (χ3n) is 3.98. The molecule has 0 saturated heterocycles. The second kappa shape index (κ2) is 9.29. The monoisotopic (exact) mass is 413 g/mol. The number of methoxy groups -OCH3 is 1. The van der Waals surface area contributed by atoms with E-state index in [2.05, 4.69) is 15.5 Å². The highest BCUT2D eigenvalue weighted by molar-refractivity contribution is 7.13. The van der Waals surface area contributed by atoms with Crippen molar-refractivity contribution < 1.29 is 18.7 Å². The van der Waals surface area contributed by atoms with Crippen molar-refractivity contribution in [2.24, 2.45) is 5.10 Å². The number of aryl methyl sites for hydroxylation is 2. The molecule has 0 aliphatic rings. The molecule has 0 radical (unpaired) electrons. The molecule has 0 bridgehead atoms. The summed E-state index contributed by atoms with van der Waals surface area (Å²) in [6, 6.07) is 11.4. The van der Waals surface area contributed by atoms with E-state index >= 15 is 0 Å². The summed E-state index contributed by atoms with van der Waals surface area (Å²) in [7, 11) is 1.54. The smallest absolute Gasteiger partial charge is 0.283 e. The van der Waals surface area contributed by atoms with Crippen molar-refractivity contribution in [1.29, 1.82) is 0 Å². The summed E-state index contributed by atoms with van der Waals surface area (Å²) < 4.78 is 24.1. The minimum absolute atomic E-state index is 0.285. The van der Waals surface area contributed by atoms with E-state index in [-0.39, 0.29) is 18.3 Å². The van der Waals surface area contributed by atoms with Crippen molar-refractivity contribution in [3.05, 3.63) is 75.0 Å². The second-order valence-electron chi connectivity index (χ2n) is 6.17. The van der Waals surface area contributed by atoms with Crippen molar-refractivity contribution in [2.45, 2.75) is 20.5 Å². The molecule has 1 amide bonds. The highest BCUT2D eigenvalue weighted by Gasteiger charge is 2.12. The Kier molecular flexibility index (Phi) is 6.56. The van der Waals surface area contributed by atoms with Crippen molar-refractivity contribution in [2.75, 3.05) is 7.11 Å². The Morgan fingerprint density at radius 1 is 1.21 bits per heavy atom. The maximum atomic E-state index is 13.0. The Hall–Kier alpha value is -3.26. The van der Waals surface area contributed by atoms with Gasteiger partial charge >= 0.3 is 0 Å². The molecule has 29 heavy (non-hydrogen) atoms. The molecule has 2 aromatic carbocycles. The summed E-state index contributed by atoms with van der Waals surface area (Å²) in [6.07, 6.45) is 1.52. The predicted molar refractivity (Wildman–Crippen MR) is 110 cm³/mol. The first-order valence-corrected chi connectivity index (χ1v) is 9.60. The van der Waals surface area contributed by atoms with Crippen molar-refractivity contribution >= 4 is 23.5 Å². The molecule has 0 aliphatic heterocycles. The van der Waals surface area contributed by atoms with Gasteiger partial charge in [0.1, 0.15) is 17.3 Å². The summed E-state index contributed by atoms with van der Waals surface area (Å²) in [6.45, 7) is 3.93. The van der Waals surface area contributed by atoms with E-state index in [0.29, 0.717) is 22.1 Å². The van der Waals surface area contributed by atoms with E-state index in [1.165, 1.54) is 36.8 Å². The van der Waals surface area contributed by atoms with Gasteiger partial charge in [-0.2, -0.15) is 5.10 Å². The molecular weight excluding hydrogens is 393 g/mol. The van der Waals surface area contributed by atoms with Crippen LogP contribution >= 0.6 is 11.3 Å². The van der Waals surface area contributed by atoms with E-state index in [9.17, 15) is 9.18 Å². The number of ether oxygens (including phenoxy) is 2. The normalized spacial score (nSPS) is 10.9. The van der Waals surface area contributed by atoms with Crippen LogP contribution in [0.2, 0.25) is 0 Å². The van der Waals surface area contributed by atoms with Gasteiger partial charge in [-0.05, 0) is 55.3 Å². The molecule has 0 spiro atoms. The van der Waals surface area contributed by atoms with Crippen LogP contribution in [0, 0.1) is 19.7 Å². The zero-order valence-corrected chi connectivity index (χ0v) is 17.0. The van der Waals surface area contributed by atoms with Crippen molar-refractivity contribution in [3.8, 4) is 11.5 Å². The lowest BCUT2D eigenvalue weighted by atomic mass is 10.2. The van der Waals surface area contributed by atoms with Crippen LogP contribution in [0.15, 0.2) is 47.6 Å². The van der Waals surface area contributed by atoms with Crippen molar-refractivity contribution in [3.63, 3.8) is 0 Å². The SMILES string of the molecule is COc1cc(/C=N/NC(=O)c2sc(C)nc2C)ccc1OCc1ccc(F)cc1. The molecule has 6 nitrogen and oxygen atoms in total. The van der Waals surface area contributed by atoms with E-state index in [0.717, 1.165) is 16.1 Å². The summed E-state index contributed by atoms with van der Waals surface area (Å²) in [5, 5.41) is 4.83. The predicted octanol–water partition coefficient (Wildman–Crippen LogP) is 4.25. The number of aromatic nitrogens is 1. The fourth-order valence-corrected chi connectivity index (χ4v) is 3.39. The third kappa shape index (κ3) is 5.39. The van der Waals surface area contributed by atoms with Crippen LogP contribution in [-0.2, 0) is 6.61 Å². The van der Waals surface area contributed by atoms with E-state index in [1.54, 1.807) is 37.3 Å². The van der Waals surface area contributed by atoms with E-state index in [4.69, 9.17) is 9.47 Å². The first kappa shape index (κ1) is 20.5. The van der Waals surface area contributed by atoms with Crippen LogP contribution in [0.4, 0.5) is 4.39 Å². The number of rotatable bonds is 7. The zero-order valence-electron chi connectivity index (χ0n) is 16.2. The minimum Gasteiger partial charge on any atom is -0.493 e.